The first-order valence-electron chi connectivity index (χ1n) is 6.74. The normalized spacial score (nSPS) is 14.3. The molecular formula is C15H24BrNO. The van der Waals surface area contributed by atoms with E-state index >= 15 is 0 Å². The Morgan fingerprint density at radius 1 is 1.28 bits per heavy atom. The lowest BCUT2D eigenvalue weighted by Crippen LogP contribution is -2.19. The number of rotatable bonds is 7. The minimum absolute atomic E-state index is 0.305. The number of halogens is 1. The van der Waals surface area contributed by atoms with E-state index in [0.29, 0.717) is 12.0 Å². The van der Waals surface area contributed by atoms with Crippen molar-refractivity contribution in [1.82, 2.24) is 5.32 Å². The molecule has 2 nitrogen and oxygen atoms in total. The quantitative estimate of drug-likeness (QED) is 0.797. The maximum atomic E-state index is 5.95. The van der Waals surface area contributed by atoms with E-state index in [1.165, 1.54) is 5.56 Å². The lowest BCUT2D eigenvalue weighted by molar-refractivity contribution is 0.252. The third-order valence-electron chi connectivity index (χ3n) is 3.17. The Morgan fingerprint density at radius 2 is 2.00 bits per heavy atom. The molecule has 0 saturated heterocycles. The van der Waals surface area contributed by atoms with E-state index in [4.69, 9.17) is 4.74 Å². The zero-order chi connectivity index (χ0) is 13.5. The maximum absolute atomic E-state index is 5.95. The van der Waals surface area contributed by atoms with Crippen LogP contribution in [0.3, 0.4) is 0 Å². The molecule has 2 atom stereocenters. The van der Waals surface area contributed by atoms with Gasteiger partial charge in [-0.25, -0.2) is 0 Å². The van der Waals surface area contributed by atoms with Crippen LogP contribution < -0.4 is 10.1 Å². The minimum Gasteiger partial charge on any atom is -0.493 e. The van der Waals surface area contributed by atoms with Crippen molar-refractivity contribution in [3.63, 3.8) is 0 Å². The number of benzene rings is 1. The van der Waals surface area contributed by atoms with Gasteiger partial charge in [-0.05, 0) is 37.6 Å². The molecule has 0 saturated carbocycles. The summed E-state index contributed by atoms with van der Waals surface area (Å²) in [7, 11) is 0. The summed E-state index contributed by atoms with van der Waals surface area (Å²) in [4.78, 5) is 0. The topological polar surface area (TPSA) is 21.3 Å². The summed E-state index contributed by atoms with van der Waals surface area (Å²) in [5.74, 6) is 1.59. The van der Waals surface area contributed by atoms with Crippen LogP contribution in [0.1, 0.15) is 45.7 Å². The van der Waals surface area contributed by atoms with Gasteiger partial charge in [0, 0.05) is 16.1 Å². The van der Waals surface area contributed by atoms with Crippen molar-refractivity contribution >= 4 is 15.9 Å². The number of ether oxygens (including phenoxy) is 1. The van der Waals surface area contributed by atoms with Crippen LogP contribution in [0, 0.1) is 5.92 Å². The van der Waals surface area contributed by atoms with Crippen LogP contribution in [0.15, 0.2) is 22.7 Å². The number of nitrogens with one attached hydrogen (secondary N) is 1. The first-order chi connectivity index (χ1) is 8.58. The molecule has 0 amide bonds. The van der Waals surface area contributed by atoms with Crippen LogP contribution >= 0.6 is 15.9 Å². The third kappa shape index (κ3) is 4.62. The van der Waals surface area contributed by atoms with Crippen molar-refractivity contribution in [2.45, 2.75) is 40.2 Å². The molecule has 0 aromatic heterocycles. The largest absolute Gasteiger partial charge is 0.493 e. The van der Waals surface area contributed by atoms with Gasteiger partial charge in [-0.3, -0.25) is 0 Å². The highest BCUT2D eigenvalue weighted by molar-refractivity contribution is 9.10. The molecule has 1 aromatic carbocycles. The first-order valence-corrected chi connectivity index (χ1v) is 7.53. The maximum Gasteiger partial charge on any atom is 0.124 e. The molecule has 0 radical (unpaired) electrons. The summed E-state index contributed by atoms with van der Waals surface area (Å²) in [6.07, 6.45) is 1.15. The molecule has 0 fully saturated rings. The number of hydrogen-bond donors (Lipinski definition) is 1. The van der Waals surface area contributed by atoms with Crippen LogP contribution in [0.25, 0.3) is 0 Å². The Labute approximate surface area is 119 Å². The molecule has 1 aromatic rings. The van der Waals surface area contributed by atoms with E-state index in [-0.39, 0.29) is 0 Å². The molecule has 1 rings (SSSR count). The molecule has 102 valence electrons. The van der Waals surface area contributed by atoms with Crippen LogP contribution in [0.2, 0.25) is 0 Å². The molecule has 2 unspecified atom stereocenters. The molecule has 3 heteroatoms. The number of hydrogen-bond acceptors (Lipinski definition) is 2. The average molecular weight is 314 g/mol. The first kappa shape index (κ1) is 15.5. The van der Waals surface area contributed by atoms with Crippen LogP contribution in [0.5, 0.6) is 5.75 Å². The molecule has 0 aliphatic rings. The van der Waals surface area contributed by atoms with Gasteiger partial charge in [-0.15, -0.1) is 0 Å². The monoisotopic (exact) mass is 313 g/mol. The molecule has 0 aliphatic carbocycles. The predicted octanol–water partition coefficient (Wildman–Crippen LogP) is 4.54. The van der Waals surface area contributed by atoms with Gasteiger partial charge in [0.1, 0.15) is 5.75 Å². The summed E-state index contributed by atoms with van der Waals surface area (Å²) in [6, 6.07) is 6.53. The van der Waals surface area contributed by atoms with E-state index in [2.05, 4.69) is 61.1 Å². The Hall–Kier alpha value is -0.540. The summed E-state index contributed by atoms with van der Waals surface area (Å²) in [6.45, 7) is 10.4. The van der Waals surface area contributed by atoms with Crippen molar-refractivity contribution in [2.75, 3.05) is 13.2 Å². The summed E-state index contributed by atoms with van der Waals surface area (Å²) in [5.41, 5.74) is 1.22. The van der Waals surface area contributed by atoms with E-state index in [0.717, 1.165) is 29.8 Å². The highest BCUT2D eigenvalue weighted by Gasteiger charge is 2.12. The summed E-state index contributed by atoms with van der Waals surface area (Å²) >= 11 is 3.53. The van der Waals surface area contributed by atoms with E-state index in [1.807, 2.05) is 6.07 Å². The second-order valence-electron chi connectivity index (χ2n) is 4.79. The van der Waals surface area contributed by atoms with Crippen molar-refractivity contribution in [2.24, 2.45) is 5.92 Å². The van der Waals surface area contributed by atoms with Crippen molar-refractivity contribution < 1.29 is 4.74 Å². The zero-order valence-electron chi connectivity index (χ0n) is 11.8. The molecule has 1 N–H and O–H groups in total. The van der Waals surface area contributed by atoms with Gasteiger partial charge in [-0.1, -0.05) is 43.1 Å². The molecule has 0 heterocycles. The second-order valence-corrected chi connectivity index (χ2v) is 5.70. The van der Waals surface area contributed by atoms with Gasteiger partial charge >= 0.3 is 0 Å². The van der Waals surface area contributed by atoms with Gasteiger partial charge in [-0.2, -0.15) is 0 Å². The Morgan fingerprint density at radius 3 is 2.61 bits per heavy atom. The van der Waals surface area contributed by atoms with Gasteiger partial charge in [0.25, 0.3) is 0 Å². The SMILES string of the molecule is CCNC(C)c1cc(Br)ccc1OCC(C)CC. The van der Waals surface area contributed by atoms with Gasteiger partial charge < -0.3 is 10.1 Å². The van der Waals surface area contributed by atoms with Gasteiger partial charge in [0.2, 0.25) is 0 Å². The van der Waals surface area contributed by atoms with E-state index in [9.17, 15) is 0 Å². The Balaban J connectivity index is 2.82. The van der Waals surface area contributed by atoms with E-state index < -0.39 is 0 Å². The minimum atomic E-state index is 0.305. The van der Waals surface area contributed by atoms with Crippen molar-refractivity contribution in [1.29, 1.82) is 0 Å². The Bertz CT molecular complexity index is 368. The fourth-order valence-electron chi connectivity index (χ4n) is 1.76. The predicted molar refractivity (Wildman–Crippen MR) is 81.2 cm³/mol. The van der Waals surface area contributed by atoms with Gasteiger partial charge in [0.15, 0.2) is 0 Å². The third-order valence-corrected chi connectivity index (χ3v) is 3.66. The molecule has 0 bridgehead atoms. The van der Waals surface area contributed by atoms with Gasteiger partial charge in [0.05, 0.1) is 6.61 Å². The lowest BCUT2D eigenvalue weighted by atomic mass is 10.1. The zero-order valence-corrected chi connectivity index (χ0v) is 13.4. The fraction of sp³-hybridized carbons (Fsp3) is 0.600. The molecule has 0 aliphatic heterocycles. The smallest absolute Gasteiger partial charge is 0.124 e. The second kappa shape index (κ2) is 7.80. The Kier molecular flexibility index (Phi) is 6.72. The molecule has 18 heavy (non-hydrogen) atoms. The highest BCUT2D eigenvalue weighted by Crippen LogP contribution is 2.29. The average Bonchev–Trinajstić information content (AvgIpc) is 2.37. The molecule has 0 spiro atoms. The van der Waals surface area contributed by atoms with Crippen LogP contribution in [0.4, 0.5) is 0 Å². The van der Waals surface area contributed by atoms with Crippen molar-refractivity contribution in [3.8, 4) is 5.75 Å². The summed E-state index contributed by atoms with van der Waals surface area (Å²) in [5, 5.41) is 3.43. The lowest BCUT2D eigenvalue weighted by Gasteiger charge is -2.19. The summed E-state index contributed by atoms with van der Waals surface area (Å²) < 4.78 is 7.05. The molecular weight excluding hydrogens is 290 g/mol. The fourth-order valence-corrected chi connectivity index (χ4v) is 2.13. The highest BCUT2D eigenvalue weighted by atomic mass is 79.9. The van der Waals surface area contributed by atoms with Crippen LogP contribution in [-0.4, -0.2) is 13.2 Å². The van der Waals surface area contributed by atoms with Crippen LogP contribution in [-0.2, 0) is 0 Å². The van der Waals surface area contributed by atoms with Crippen molar-refractivity contribution in [3.05, 3.63) is 28.2 Å². The standard InChI is InChI=1S/C15H24BrNO/c1-5-11(3)10-18-15-8-7-13(16)9-14(15)12(4)17-6-2/h7-9,11-12,17H,5-6,10H2,1-4H3. The van der Waals surface area contributed by atoms with E-state index in [1.54, 1.807) is 0 Å².